The number of halogens is 1. The zero-order valence-electron chi connectivity index (χ0n) is 14.4. The molecule has 0 spiro atoms. The van der Waals surface area contributed by atoms with Crippen molar-refractivity contribution in [2.45, 2.75) is 26.3 Å². The summed E-state index contributed by atoms with van der Waals surface area (Å²) >= 11 is 0. The van der Waals surface area contributed by atoms with Crippen LogP contribution in [0.25, 0.3) is 22.3 Å². The molecule has 4 rings (SSSR count). The standard InChI is InChI=1S/C19H19FN4O2/c1-10-14(7-25)18-19(24-10)17(22-9-23-18)13-4-12(6-21)15(20)5-16(13)26-8-11-2-3-11/h4-5,7,9,11,24H,2-3,6,8,21H2,1H3. The zero-order valence-corrected chi connectivity index (χ0v) is 14.4. The molecule has 26 heavy (non-hydrogen) atoms. The van der Waals surface area contributed by atoms with Crippen LogP contribution in [0.2, 0.25) is 0 Å². The van der Waals surface area contributed by atoms with Crippen molar-refractivity contribution in [3.63, 3.8) is 0 Å². The molecule has 0 saturated heterocycles. The van der Waals surface area contributed by atoms with Crippen molar-refractivity contribution in [3.8, 4) is 17.0 Å². The predicted molar refractivity (Wildman–Crippen MR) is 95.5 cm³/mol. The number of fused-ring (bicyclic) bond motifs is 1. The number of benzene rings is 1. The lowest BCUT2D eigenvalue weighted by molar-refractivity contribution is 0.112. The lowest BCUT2D eigenvalue weighted by Gasteiger charge is -2.14. The second-order valence-corrected chi connectivity index (χ2v) is 6.63. The van der Waals surface area contributed by atoms with Gasteiger partial charge in [0.15, 0.2) is 6.29 Å². The number of aromatic amines is 1. The van der Waals surface area contributed by atoms with Crippen LogP contribution in [0.3, 0.4) is 0 Å². The highest BCUT2D eigenvalue weighted by molar-refractivity contribution is 6.01. The SMILES string of the molecule is Cc1[nH]c2c(-c3cc(CN)c(F)cc3OCC3CC3)ncnc2c1C=O. The van der Waals surface area contributed by atoms with Crippen LogP contribution < -0.4 is 10.5 Å². The van der Waals surface area contributed by atoms with Crippen molar-refractivity contribution in [2.75, 3.05) is 6.61 Å². The molecule has 6 nitrogen and oxygen atoms in total. The second-order valence-electron chi connectivity index (χ2n) is 6.63. The Labute approximate surface area is 149 Å². The van der Waals surface area contributed by atoms with Gasteiger partial charge >= 0.3 is 0 Å². The lowest BCUT2D eigenvalue weighted by Crippen LogP contribution is -2.05. The van der Waals surface area contributed by atoms with Gasteiger partial charge in [0.05, 0.1) is 17.7 Å². The number of aldehydes is 1. The van der Waals surface area contributed by atoms with Gasteiger partial charge < -0.3 is 15.5 Å². The number of carbonyl (C=O) groups is 1. The van der Waals surface area contributed by atoms with E-state index in [1.807, 2.05) is 0 Å². The van der Waals surface area contributed by atoms with Gasteiger partial charge in [0.25, 0.3) is 0 Å². The molecule has 0 bridgehead atoms. The van der Waals surface area contributed by atoms with Crippen LogP contribution in [0.5, 0.6) is 5.75 Å². The summed E-state index contributed by atoms with van der Waals surface area (Å²) in [7, 11) is 0. The van der Waals surface area contributed by atoms with E-state index >= 15 is 0 Å². The number of H-pyrrole nitrogens is 1. The van der Waals surface area contributed by atoms with E-state index in [4.69, 9.17) is 10.5 Å². The first-order valence-corrected chi connectivity index (χ1v) is 8.56. The molecule has 3 N–H and O–H groups in total. The van der Waals surface area contributed by atoms with E-state index in [9.17, 15) is 9.18 Å². The highest BCUT2D eigenvalue weighted by Crippen LogP contribution is 2.37. The van der Waals surface area contributed by atoms with E-state index < -0.39 is 5.82 Å². The highest BCUT2D eigenvalue weighted by Gasteiger charge is 2.24. The summed E-state index contributed by atoms with van der Waals surface area (Å²) in [5.74, 6) is 0.551. The Bertz CT molecular complexity index is 995. The van der Waals surface area contributed by atoms with E-state index in [-0.39, 0.29) is 6.54 Å². The van der Waals surface area contributed by atoms with E-state index in [2.05, 4.69) is 15.0 Å². The topological polar surface area (TPSA) is 93.9 Å². The minimum atomic E-state index is -0.399. The summed E-state index contributed by atoms with van der Waals surface area (Å²) in [4.78, 5) is 23.1. The molecular formula is C19H19FN4O2. The van der Waals surface area contributed by atoms with Gasteiger partial charge in [-0.15, -0.1) is 0 Å². The van der Waals surface area contributed by atoms with Gasteiger partial charge in [-0.3, -0.25) is 4.79 Å². The fourth-order valence-electron chi connectivity index (χ4n) is 3.04. The molecule has 2 heterocycles. The van der Waals surface area contributed by atoms with Crippen molar-refractivity contribution in [2.24, 2.45) is 11.7 Å². The van der Waals surface area contributed by atoms with Crippen LogP contribution in [0, 0.1) is 18.7 Å². The molecule has 3 aromatic rings. The van der Waals surface area contributed by atoms with Crippen molar-refractivity contribution < 1.29 is 13.9 Å². The smallest absolute Gasteiger partial charge is 0.154 e. The summed E-state index contributed by atoms with van der Waals surface area (Å²) in [5.41, 5.74) is 9.61. The third-order valence-electron chi connectivity index (χ3n) is 4.73. The maximum absolute atomic E-state index is 14.3. The van der Waals surface area contributed by atoms with E-state index in [1.165, 1.54) is 12.4 Å². The van der Waals surface area contributed by atoms with Crippen molar-refractivity contribution in [1.82, 2.24) is 15.0 Å². The predicted octanol–water partition coefficient (Wildman–Crippen LogP) is 3.13. The summed E-state index contributed by atoms with van der Waals surface area (Å²) in [5, 5.41) is 0. The first-order valence-electron chi connectivity index (χ1n) is 8.56. The summed E-state index contributed by atoms with van der Waals surface area (Å²) in [6, 6.07) is 3.03. The number of aromatic nitrogens is 3. The molecule has 1 saturated carbocycles. The minimum Gasteiger partial charge on any atom is -0.492 e. The Morgan fingerprint density at radius 2 is 2.19 bits per heavy atom. The Morgan fingerprint density at radius 3 is 2.88 bits per heavy atom. The molecule has 134 valence electrons. The molecule has 1 fully saturated rings. The molecule has 1 aliphatic rings. The van der Waals surface area contributed by atoms with Gasteiger partial charge in [-0.2, -0.15) is 0 Å². The number of aryl methyl sites for hydroxylation is 1. The molecule has 0 aliphatic heterocycles. The van der Waals surface area contributed by atoms with Crippen LogP contribution >= 0.6 is 0 Å². The van der Waals surface area contributed by atoms with Crippen LogP contribution in [-0.4, -0.2) is 27.8 Å². The fourth-order valence-corrected chi connectivity index (χ4v) is 3.04. The average Bonchev–Trinajstić information content (AvgIpc) is 3.40. The molecular weight excluding hydrogens is 335 g/mol. The largest absolute Gasteiger partial charge is 0.492 e. The Hall–Kier alpha value is -2.80. The van der Waals surface area contributed by atoms with Gasteiger partial charge in [-0.25, -0.2) is 14.4 Å². The molecule has 7 heteroatoms. The van der Waals surface area contributed by atoms with Crippen molar-refractivity contribution in [1.29, 1.82) is 0 Å². The number of rotatable bonds is 6. The van der Waals surface area contributed by atoms with Crippen LogP contribution in [0.1, 0.15) is 34.5 Å². The number of carbonyl (C=O) groups excluding carboxylic acids is 1. The van der Waals surface area contributed by atoms with Crippen molar-refractivity contribution in [3.05, 3.63) is 41.1 Å². The second kappa shape index (κ2) is 6.49. The minimum absolute atomic E-state index is 0.0688. The van der Waals surface area contributed by atoms with E-state index in [0.717, 1.165) is 19.1 Å². The quantitative estimate of drug-likeness (QED) is 0.663. The van der Waals surface area contributed by atoms with Gasteiger partial charge in [-0.1, -0.05) is 0 Å². The summed E-state index contributed by atoms with van der Waals surface area (Å²) in [6.07, 6.45) is 4.43. The first kappa shape index (κ1) is 16.7. The van der Waals surface area contributed by atoms with Gasteiger partial charge in [-0.05, 0) is 31.7 Å². The number of nitrogens with one attached hydrogen (secondary N) is 1. The normalized spacial score (nSPS) is 14.0. The number of nitrogens with zero attached hydrogens (tertiary/aromatic N) is 2. The van der Waals surface area contributed by atoms with Crippen LogP contribution in [0.15, 0.2) is 18.5 Å². The molecule has 1 aliphatic carbocycles. The zero-order chi connectivity index (χ0) is 18.3. The third-order valence-corrected chi connectivity index (χ3v) is 4.73. The number of hydrogen-bond acceptors (Lipinski definition) is 5. The van der Waals surface area contributed by atoms with Crippen LogP contribution in [-0.2, 0) is 6.54 Å². The highest BCUT2D eigenvalue weighted by atomic mass is 19.1. The fraction of sp³-hybridized carbons (Fsp3) is 0.316. The number of nitrogens with two attached hydrogens (primary N) is 1. The van der Waals surface area contributed by atoms with Crippen molar-refractivity contribution >= 4 is 17.3 Å². The lowest BCUT2D eigenvalue weighted by atomic mass is 10.0. The summed E-state index contributed by atoms with van der Waals surface area (Å²) in [6.45, 7) is 2.42. The molecule has 0 radical (unpaired) electrons. The maximum atomic E-state index is 14.3. The molecule has 0 unspecified atom stereocenters. The Balaban J connectivity index is 1.90. The van der Waals surface area contributed by atoms with Gasteiger partial charge in [0, 0.05) is 29.4 Å². The van der Waals surface area contributed by atoms with E-state index in [1.54, 1.807) is 13.0 Å². The van der Waals surface area contributed by atoms with Gasteiger partial charge in [0.2, 0.25) is 0 Å². The van der Waals surface area contributed by atoms with Crippen LogP contribution in [0.4, 0.5) is 4.39 Å². The maximum Gasteiger partial charge on any atom is 0.154 e. The number of hydrogen-bond donors (Lipinski definition) is 2. The average molecular weight is 354 g/mol. The van der Waals surface area contributed by atoms with Gasteiger partial charge in [0.1, 0.15) is 29.1 Å². The molecule has 0 atom stereocenters. The third kappa shape index (κ3) is 2.84. The monoisotopic (exact) mass is 354 g/mol. The number of ether oxygens (including phenoxy) is 1. The summed E-state index contributed by atoms with van der Waals surface area (Å²) < 4.78 is 20.2. The Morgan fingerprint density at radius 1 is 1.38 bits per heavy atom. The molecule has 1 aromatic carbocycles. The Kier molecular flexibility index (Phi) is 4.16. The van der Waals surface area contributed by atoms with E-state index in [0.29, 0.717) is 57.4 Å². The molecule has 0 amide bonds. The first-order chi connectivity index (χ1) is 12.6. The molecule has 2 aromatic heterocycles.